The third-order valence-corrected chi connectivity index (χ3v) is 3.22. The summed E-state index contributed by atoms with van der Waals surface area (Å²) < 4.78 is 10.4. The summed E-state index contributed by atoms with van der Waals surface area (Å²) in [5.41, 5.74) is 7.07. The molecular formula is C14H24N2O3. The van der Waals surface area contributed by atoms with E-state index < -0.39 is 0 Å². The molecule has 19 heavy (non-hydrogen) atoms. The molecule has 1 aromatic rings. The smallest absolute Gasteiger partial charge is 0.123 e. The Bertz CT molecular complexity index is 373. The lowest BCUT2D eigenvalue weighted by Crippen LogP contribution is -2.50. The van der Waals surface area contributed by atoms with Gasteiger partial charge in [0.15, 0.2) is 0 Å². The molecule has 0 aliphatic rings. The normalized spacial score (nSPS) is 14.4. The van der Waals surface area contributed by atoms with E-state index in [1.165, 1.54) is 0 Å². The maximum atomic E-state index is 9.49. The lowest BCUT2D eigenvalue weighted by atomic mass is 10.1. The highest BCUT2D eigenvalue weighted by atomic mass is 16.5. The topological polar surface area (TPSA) is 68.0 Å². The van der Waals surface area contributed by atoms with Gasteiger partial charge in [0.2, 0.25) is 0 Å². The van der Waals surface area contributed by atoms with Crippen LogP contribution in [0.1, 0.15) is 5.56 Å². The van der Waals surface area contributed by atoms with E-state index in [0.29, 0.717) is 13.2 Å². The molecule has 0 fully saturated rings. The minimum atomic E-state index is -0.227. The van der Waals surface area contributed by atoms with Crippen molar-refractivity contribution in [2.75, 3.05) is 34.5 Å². The van der Waals surface area contributed by atoms with E-state index in [0.717, 1.165) is 11.3 Å². The van der Waals surface area contributed by atoms with Crippen molar-refractivity contribution < 1.29 is 14.6 Å². The molecular weight excluding hydrogens is 244 g/mol. The molecule has 108 valence electrons. The van der Waals surface area contributed by atoms with Crippen LogP contribution in [0, 0.1) is 0 Å². The van der Waals surface area contributed by atoms with Crippen LogP contribution in [0.15, 0.2) is 24.3 Å². The van der Waals surface area contributed by atoms with Crippen molar-refractivity contribution >= 4 is 0 Å². The Morgan fingerprint density at radius 1 is 1.32 bits per heavy atom. The summed E-state index contributed by atoms with van der Waals surface area (Å²) >= 11 is 0. The number of para-hydroxylation sites is 1. The molecule has 2 unspecified atom stereocenters. The molecule has 1 rings (SSSR count). The second kappa shape index (κ2) is 8.12. The highest BCUT2D eigenvalue weighted by molar-refractivity contribution is 5.33. The van der Waals surface area contributed by atoms with E-state index in [9.17, 15) is 5.11 Å². The van der Waals surface area contributed by atoms with E-state index in [1.54, 1.807) is 14.2 Å². The second-order valence-electron chi connectivity index (χ2n) is 4.60. The number of hydrogen-bond acceptors (Lipinski definition) is 5. The SMILES string of the molecule is COCC(N)C(CO)N(C)Cc1ccccc1OC. The Labute approximate surface area is 114 Å². The Hall–Kier alpha value is -1.14. The third-order valence-electron chi connectivity index (χ3n) is 3.22. The molecule has 5 heteroatoms. The molecule has 0 bridgehead atoms. The molecule has 0 spiro atoms. The first-order valence-corrected chi connectivity index (χ1v) is 6.31. The number of aliphatic hydroxyl groups excluding tert-OH is 1. The summed E-state index contributed by atoms with van der Waals surface area (Å²) in [7, 11) is 5.19. The Balaban J connectivity index is 2.73. The average molecular weight is 268 g/mol. The number of nitrogens with two attached hydrogens (primary N) is 1. The monoisotopic (exact) mass is 268 g/mol. The van der Waals surface area contributed by atoms with Crippen LogP contribution in [0.25, 0.3) is 0 Å². The van der Waals surface area contributed by atoms with Crippen LogP contribution in [0.4, 0.5) is 0 Å². The lowest BCUT2D eigenvalue weighted by molar-refractivity contribution is 0.0813. The van der Waals surface area contributed by atoms with Gasteiger partial charge in [0, 0.05) is 25.3 Å². The first-order chi connectivity index (χ1) is 9.13. The molecule has 0 heterocycles. The van der Waals surface area contributed by atoms with Crippen LogP contribution in [0.2, 0.25) is 0 Å². The summed E-state index contributed by atoms with van der Waals surface area (Å²) in [6, 6.07) is 7.45. The molecule has 2 atom stereocenters. The van der Waals surface area contributed by atoms with Gasteiger partial charge in [-0.1, -0.05) is 18.2 Å². The Kier molecular flexibility index (Phi) is 6.80. The van der Waals surface area contributed by atoms with Crippen LogP contribution in [0.5, 0.6) is 5.75 Å². The molecule has 0 saturated heterocycles. The highest BCUT2D eigenvalue weighted by Crippen LogP contribution is 2.19. The molecule has 0 saturated carbocycles. The van der Waals surface area contributed by atoms with E-state index >= 15 is 0 Å². The van der Waals surface area contributed by atoms with E-state index in [4.69, 9.17) is 15.2 Å². The summed E-state index contributed by atoms with van der Waals surface area (Å²) in [5.74, 6) is 0.839. The summed E-state index contributed by atoms with van der Waals surface area (Å²) in [4.78, 5) is 2.02. The average Bonchev–Trinajstić information content (AvgIpc) is 2.40. The molecule has 0 aliphatic carbocycles. The van der Waals surface area contributed by atoms with Gasteiger partial charge in [0.05, 0.1) is 26.4 Å². The third kappa shape index (κ3) is 4.47. The van der Waals surface area contributed by atoms with Gasteiger partial charge in [-0.15, -0.1) is 0 Å². The van der Waals surface area contributed by atoms with Gasteiger partial charge in [0.1, 0.15) is 5.75 Å². The van der Waals surface area contributed by atoms with Crippen molar-refractivity contribution in [1.82, 2.24) is 4.90 Å². The Morgan fingerprint density at radius 3 is 2.58 bits per heavy atom. The fourth-order valence-corrected chi connectivity index (χ4v) is 2.12. The lowest BCUT2D eigenvalue weighted by Gasteiger charge is -2.31. The van der Waals surface area contributed by atoms with E-state index in [-0.39, 0.29) is 18.7 Å². The van der Waals surface area contributed by atoms with Gasteiger partial charge >= 0.3 is 0 Å². The summed E-state index contributed by atoms with van der Waals surface area (Å²) in [6.45, 7) is 1.07. The maximum Gasteiger partial charge on any atom is 0.123 e. The fourth-order valence-electron chi connectivity index (χ4n) is 2.12. The van der Waals surface area contributed by atoms with E-state index in [1.807, 2.05) is 36.2 Å². The summed E-state index contributed by atoms with van der Waals surface area (Å²) in [5, 5.41) is 9.49. The number of likely N-dealkylation sites (N-methyl/N-ethyl adjacent to an activating group) is 1. The predicted molar refractivity (Wildman–Crippen MR) is 75.2 cm³/mol. The molecule has 1 aromatic carbocycles. The van der Waals surface area contributed by atoms with Crippen LogP contribution >= 0.6 is 0 Å². The van der Waals surface area contributed by atoms with Gasteiger partial charge in [-0.2, -0.15) is 0 Å². The van der Waals surface area contributed by atoms with Crippen molar-refractivity contribution in [3.8, 4) is 5.75 Å². The first-order valence-electron chi connectivity index (χ1n) is 6.31. The van der Waals surface area contributed by atoms with Crippen LogP contribution in [0.3, 0.4) is 0 Å². The van der Waals surface area contributed by atoms with Gasteiger partial charge < -0.3 is 20.3 Å². The van der Waals surface area contributed by atoms with Crippen LogP contribution in [-0.4, -0.2) is 56.6 Å². The quantitative estimate of drug-likeness (QED) is 0.717. The second-order valence-corrected chi connectivity index (χ2v) is 4.60. The van der Waals surface area contributed by atoms with Crippen molar-refractivity contribution in [1.29, 1.82) is 0 Å². The van der Waals surface area contributed by atoms with Crippen LogP contribution in [-0.2, 0) is 11.3 Å². The number of ether oxygens (including phenoxy) is 2. The summed E-state index contributed by atoms with van der Waals surface area (Å²) in [6.07, 6.45) is 0. The van der Waals surface area contributed by atoms with Gasteiger partial charge in [-0.3, -0.25) is 4.90 Å². The number of rotatable bonds is 8. The zero-order valence-electron chi connectivity index (χ0n) is 11.9. The largest absolute Gasteiger partial charge is 0.496 e. The van der Waals surface area contributed by atoms with Gasteiger partial charge in [-0.25, -0.2) is 0 Å². The number of benzene rings is 1. The van der Waals surface area contributed by atoms with Crippen molar-refractivity contribution in [2.45, 2.75) is 18.6 Å². The standard InChI is InChI=1S/C14H24N2O3/c1-16(13(9-17)12(15)10-18-2)8-11-6-4-5-7-14(11)19-3/h4-7,12-13,17H,8-10,15H2,1-3H3. The number of hydrogen-bond donors (Lipinski definition) is 2. The number of nitrogens with zero attached hydrogens (tertiary/aromatic N) is 1. The van der Waals surface area contributed by atoms with Crippen molar-refractivity contribution in [3.63, 3.8) is 0 Å². The van der Waals surface area contributed by atoms with E-state index in [2.05, 4.69) is 0 Å². The van der Waals surface area contributed by atoms with Gasteiger partial charge in [0.25, 0.3) is 0 Å². The maximum absolute atomic E-state index is 9.49. The highest BCUT2D eigenvalue weighted by Gasteiger charge is 2.22. The fraction of sp³-hybridized carbons (Fsp3) is 0.571. The zero-order chi connectivity index (χ0) is 14.3. The van der Waals surface area contributed by atoms with Crippen molar-refractivity contribution in [2.24, 2.45) is 5.73 Å². The Morgan fingerprint density at radius 2 is 2.00 bits per heavy atom. The molecule has 0 radical (unpaired) electrons. The minimum absolute atomic E-state index is 0.00379. The molecule has 0 aliphatic heterocycles. The first kappa shape index (κ1) is 15.9. The predicted octanol–water partition coefficient (Wildman–Crippen LogP) is 0.462. The number of methoxy groups -OCH3 is 2. The molecule has 3 N–H and O–H groups in total. The van der Waals surface area contributed by atoms with Crippen LogP contribution < -0.4 is 10.5 Å². The van der Waals surface area contributed by atoms with Gasteiger partial charge in [-0.05, 0) is 13.1 Å². The molecule has 0 aromatic heterocycles. The minimum Gasteiger partial charge on any atom is -0.496 e. The zero-order valence-corrected chi connectivity index (χ0v) is 11.9. The molecule has 0 amide bonds. The molecule has 5 nitrogen and oxygen atoms in total. The number of aliphatic hydroxyl groups is 1. The van der Waals surface area contributed by atoms with Crippen molar-refractivity contribution in [3.05, 3.63) is 29.8 Å².